The molecule has 1 fully saturated rings. The van der Waals surface area contributed by atoms with Crippen LogP contribution in [-0.4, -0.2) is 36.2 Å². The molecule has 2 N–H and O–H groups in total. The van der Waals surface area contributed by atoms with Gasteiger partial charge in [0.1, 0.15) is 11.4 Å². The van der Waals surface area contributed by atoms with Crippen molar-refractivity contribution >= 4 is 10.0 Å². The molecule has 150 valence electrons. The summed E-state index contributed by atoms with van der Waals surface area (Å²) in [5.74, 6) is 1.07. The number of ether oxygens (including phenoxy) is 1. The number of aromatic nitrogens is 2. The molecule has 29 heavy (non-hydrogen) atoms. The number of nitrogens with zero attached hydrogens (tertiary/aromatic N) is 3. The van der Waals surface area contributed by atoms with Gasteiger partial charge in [-0.2, -0.15) is 5.10 Å². The van der Waals surface area contributed by atoms with Crippen LogP contribution in [0.3, 0.4) is 0 Å². The van der Waals surface area contributed by atoms with E-state index in [0.717, 1.165) is 36.6 Å². The van der Waals surface area contributed by atoms with Crippen molar-refractivity contribution in [3.63, 3.8) is 0 Å². The number of hydrogen-bond acceptors (Lipinski definition) is 5. The van der Waals surface area contributed by atoms with E-state index in [1.54, 1.807) is 6.07 Å². The maximum absolute atomic E-state index is 11.8. The second-order valence-electron chi connectivity index (χ2n) is 7.54. The first-order valence-corrected chi connectivity index (χ1v) is 11.3. The number of piperidine rings is 1. The van der Waals surface area contributed by atoms with E-state index in [9.17, 15) is 8.42 Å². The summed E-state index contributed by atoms with van der Waals surface area (Å²) in [4.78, 5) is 2.44. The number of hydrogen-bond donors (Lipinski definition) is 1. The molecule has 2 aromatic carbocycles. The Kier molecular flexibility index (Phi) is 4.42. The molecule has 3 aromatic rings. The standard InChI is InChI=1S/C21H22N4O3S/c22-29(26,27)16-8-9-18-21(13-16)28-20-7-3-2-6-17(20)19-12-15(23-25(18)19)14-24-10-4-1-5-11-24/h2-3,6-9,12-13H,1,4-5,10-11,14H2,(H2,22,26,27). The maximum Gasteiger partial charge on any atom is 0.238 e. The SMILES string of the molecule is NS(=O)(=O)c1ccc2c(c1)Oc1ccccc1-c1cc(CN3CCCCC3)nn1-2. The highest BCUT2D eigenvalue weighted by atomic mass is 32.2. The lowest BCUT2D eigenvalue weighted by molar-refractivity contribution is 0.218. The van der Waals surface area contributed by atoms with Crippen LogP contribution in [0.1, 0.15) is 25.0 Å². The quantitative estimate of drug-likeness (QED) is 0.560. The summed E-state index contributed by atoms with van der Waals surface area (Å²) < 4.78 is 31.5. The third-order valence-electron chi connectivity index (χ3n) is 5.47. The summed E-state index contributed by atoms with van der Waals surface area (Å²) in [6.45, 7) is 2.99. The molecule has 0 unspecified atom stereocenters. The molecule has 7 nitrogen and oxygen atoms in total. The van der Waals surface area contributed by atoms with Gasteiger partial charge in [-0.05, 0) is 56.3 Å². The topological polar surface area (TPSA) is 90.4 Å². The minimum atomic E-state index is -3.83. The third-order valence-corrected chi connectivity index (χ3v) is 6.38. The molecule has 0 saturated carbocycles. The van der Waals surface area contributed by atoms with Crippen LogP contribution in [0.5, 0.6) is 11.5 Å². The van der Waals surface area contributed by atoms with Gasteiger partial charge >= 0.3 is 0 Å². The lowest BCUT2D eigenvalue weighted by Crippen LogP contribution is -2.29. The molecule has 3 heterocycles. The van der Waals surface area contributed by atoms with E-state index < -0.39 is 10.0 Å². The molecule has 2 aliphatic heterocycles. The molecule has 1 aromatic heterocycles. The fourth-order valence-electron chi connectivity index (χ4n) is 4.04. The summed E-state index contributed by atoms with van der Waals surface area (Å²) >= 11 is 0. The second kappa shape index (κ2) is 6.98. The number of benzene rings is 2. The van der Waals surface area contributed by atoms with Crippen LogP contribution >= 0.6 is 0 Å². The number of rotatable bonds is 3. The minimum absolute atomic E-state index is 0.0119. The maximum atomic E-state index is 11.8. The van der Waals surface area contributed by atoms with Gasteiger partial charge in [0.15, 0.2) is 5.75 Å². The van der Waals surface area contributed by atoms with E-state index in [-0.39, 0.29) is 4.90 Å². The normalized spacial score (nSPS) is 16.3. The molecule has 0 atom stereocenters. The van der Waals surface area contributed by atoms with Gasteiger partial charge in [0.05, 0.1) is 16.3 Å². The predicted molar refractivity (Wildman–Crippen MR) is 110 cm³/mol. The lowest BCUT2D eigenvalue weighted by Gasteiger charge is -2.25. The second-order valence-corrected chi connectivity index (χ2v) is 9.10. The average molecular weight is 410 g/mol. The Morgan fingerprint density at radius 1 is 1.00 bits per heavy atom. The average Bonchev–Trinajstić information content (AvgIpc) is 3.06. The highest BCUT2D eigenvalue weighted by molar-refractivity contribution is 7.89. The fraction of sp³-hybridized carbons (Fsp3) is 0.286. The van der Waals surface area contributed by atoms with Crippen LogP contribution < -0.4 is 9.88 Å². The first-order chi connectivity index (χ1) is 14.0. The van der Waals surface area contributed by atoms with Gasteiger partial charge in [0.2, 0.25) is 10.0 Å². The molecule has 0 aliphatic carbocycles. The van der Waals surface area contributed by atoms with E-state index in [2.05, 4.69) is 11.0 Å². The molecule has 2 aliphatic rings. The Balaban J connectivity index is 1.64. The van der Waals surface area contributed by atoms with Crippen molar-refractivity contribution in [1.82, 2.24) is 14.7 Å². The van der Waals surface area contributed by atoms with E-state index in [0.29, 0.717) is 17.2 Å². The van der Waals surface area contributed by atoms with Gasteiger partial charge in [-0.15, -0.1) is 0 Å². The molecule has 5 rings (SSSR count). The summed E-state index contributed by atoms with van der Waals surface area (Å²) in [5.41, 5.74) is 3.52. The van der Waals surface area contributed by atoms with Crippen LogP contribution in [0.25, 0.3) is 16.9 Å². The zero-order valence-corrected chi connectivity index (χ0v) is 16.7. The third kappa shape index (κ3) is 3.43. The highest BCUT2D eigenvalue weighted by Gasteiger charge is 2.25. The lowest BCUT2D eigenvalue weighted by atomic mass is 10.1. The van der Waals surface area contributed by atoms with E-state index >= 15 is 0 Å². The van der Waals surface area contributed by atoms with Crippen molar-refractivity contribution in [2.24, 2.45) is 5.14 Å². The Morgan fingerprint density at radius 2 is 1.79 bits per heavy atom. The molecular formula is C21H22N4O3S. The van der Waals surface area contributed by atoms with Crippen molar-refractivity contribution in [2.45, 2.75) is 30.7 Å². The smallest absolute Gasteiger partial charge is 0.238 e. The monoisotopic (exact) mass is 410 g/mol. The predicted octanol–water partition coefficient (Wildman–Crippen LogP) is 3.28. The van der Waals surface area contributed by atoms with E-state index in [4.69, 9.17) is 15.0 Å². The van der Waals surface area contributed by atoms with Crippen molar-refractivity contribution in [1.29, 1.82) is 0 Å². The van der Waals surface area contributed by atoms with Crippen molar-refractivity contribution in [3.05, 3.63) is 54.2 Å². The Morgan fingerprint density at radius 3 is 2.59 bits per heavy atom. The van der Waals surface area contributed by atoms with Crippen molar-refractivity contribution < 1.29 is 13.2 Å². The van der Waals surface area contributed by atoms with Crippen molar-refractivity contribution in [2.75, 3.05) is 13.1 Å². The van der Waals surface area contributed by atoms with Gasteiger partial charge in [-0.25, -0.2) is 18.2 Å². The summed E-state index contributed by atoms with van der Waals surface area (Å²) in [5, 5.41) is 10.2. The zero-order valence-electron chi connectivity index (χ0n) is 15.9. The van der Waals surface area contributed by atoms with E-state index in [1.807, 2.05) is 28.9 Å². The van der Waals surface area contributed by atoms with Gasteiger partial charge in [0, 0.05) is 18.2 Å². The number of fused-ring (bicyclic) bond motifs is 5. The molecule has 1 saturated heterocycles. The van der Waals surface area contributed by atoms with Crippen LogP contribution in [0, 0.1) is 0 Å². The summed E-state index contributed by atoms with van der Waals surface area (Å²) in [6.07, 6.45) is 3.74. The first kappa shape index (κ1) is 18.4. The highest BCUT2D eigenvalue weighted by Crippen LogP contribution is 2.42. The molecular weight excluding hydrogens is 388 g/mol. The van der Waals surface area contributed by atoms with Crippen LogP contribution in [0.15, 0.2) is 53.4 Å². The zero-order chi connectivity index (χ0) is 20.0. The minimum Gasteiger partial charge on any atom is -0.454 e. The fourth-order valence-corrected chi connectivity index (χ4v) is 4.57. The number of nitrogens with two attached hydrogens (primary N) is 1. The van der Waals surface area contributed by atoms with Gasteiger partial charge in [-0.1, -0.05) is 18.6 Å². The van der Waals surface area contributed by atoms with Crippen molar-refractivity contribution in [3.8, 4) is 28.4 Å². The number of primary sulfonamides is 1. The summed E-state index contributed by atoms with van der Waals surface area (Å²) in [6, 6.07) is 14.4. The Hall–Kier alpha value is -2.68. The molecule has 0 radical (unpaired) electrons. The summed E-state index contributed by atoms with van der Waals surface area (Å²) in [7, 11) is -3.83. The number of likely N-dealkylation sites (tertiary alicyclic amines) is 1. The van der Waals surface area contributed by atoms with E-state index in [1.165, 1.54) is 31.4 Å². The van der Waals surface area contributed by atoms with Gasteiger partial charge in [-0.3, -0.25) is 4.90 Å². The van der Waals surface area contributed by atoms with Gasteiger partial charge in [0.25, 0.3) is 0 Å². The van der Waals surface area contributed by atoms with Crippen LogP contribution in [0.4, 0.5) is 0 Å². The Bertz CT molecular complexity index is 1180. The first-order valence-electron chi connectivity index (χ1n) is 9.75. The molecule has 8 heteroatoms. The van der Waals surface area contributed by atoms with Crippen LogP contribution in [-0.2, 0) is 16.6 Å². The van der Waals surface area contributed by atoms with Gasteiger partial charge < -0.3 is 4.74 Å². The molecule has 0 bridgehead atoms. The molecule has 0 spiro atoms. The number of sulfonamides is 1. The Labute approximate surface area is 169 Å². The largest absolute Gasteiger partial charge is 0.454 e. The molecule has 0 amide bonds. The van der Waals surface area contributed by atoms with Crippen LogP contribution in [0.2, 0.25) is 0 Å². The number of para-hydroxylation sites is 1.